The number of rotatable bonds is 5. The van der Waals surface area contributed by atoms with Crippen LogP contribution in [-0.2, 0) is 30.7 Å². The number of carbonyl (C=O) groups excluding carboxylic acids is 2. The zero-order chi connectivity index (χ0) is 29.1. The van der Waals surface area contributed by atoms with Gasteiger partial charge in [0, 0.05) is 56.9 Å². The topological polar surface area (TPSA) is 95.3 Å². The Balaban J connectivity index is 1.19. The standard InChI is InChI=1S/C33H34N4O5/c1-40-31-16-23(19-34)6-9-30(31)42-33(39)36-11-10-24-7-8-26(17-28(24)20-36)32(38)37-21-27-5-3-2-4-25(27)18-29(37)22-35-12-14-41-15-13-35/h2-9,16-17,29H,10-15,18,20-22H2,1H3/t29-/m0/s1. The second-order valence-electron chi connectivity index (χ2n) is 11.0. The SMILES string of the molecule is COc1cc(C#N)ccc1OC(=O)N1CCc2ccc(C(=O)N3Cc4ccccc4C[C@H]3CN3CCOCC3)cc2C1. The number of nitrogens with zero attached hydrogens (tertiary/aromatic N) is 4. The Hall–Kier alpha value is -4.39. The molecule has 6 rings (SSSR count). The van der Waals surface area contributed by atoms with Crippen LogP contribution in [0.1, 0.15) is 38.2 Å². The first-order valence-corrected chi connectivity index (χ1v) is 14.4. The molecule has 216 valence electrons. The molecule has 3 aliphatic rings. The summed E-state index contributed by atoms with van der Waals surface area (Å²) in [4.78, 5) is 33.2. The van der Waals surface area contributed by atoms with Gasteiger partial charge in [0.15, 0.2) is 11.5 Å². The predicted octanol–water partition coefficient (Wildman–Crippen LogP) is 4.02. The molecule has 0 radical (unpaired) electrons. The Morgan fingerprint density at radius 3 is 2.52 bits per heavy atom. The molecular weight excluding hydrogens is 532 g/mol. The molecule has 1 saturated heterocycles. The van der Waals surface area contributed by atoms with Crippen LogP contribution >= 0.6 is 0 Å². The molecule has 9 nitrogen and oxygen atoms in total. The lowest BCUT2D eigenvalue weighted by Gasteiger charge is -2.40. The number of nitriles is 1. The van der Waals surface area contributed by atoms with Gasteiger partial charge in [0.1, 0.15) is 0 Å². The molecule has 0 N–H and O–H groups in total. The molecule has 0 aromatic heterocycles. The first-order valence-electron chi connectivity index (χ1n) is 14.4. The van der Waals surface area contributed by atoms with Gasteiger partial charge in [-0.2, -0.15) is 5.26 Å². The second kappa shape index (κ2) is 12.2. The van der Waals surface area contributed by atoms with Crippen LogP contribution < -0.4 is 9.47 Å². The summed E-state index contributed by atoms with van der Waals surface area (Å²) in [5.74, 6) is 0.586. The van der Waals surface area contributed by atoms with E-state index >= 15 is 0 Å². The molecule has 9 heteroatoms. The van der Waals surface area contributed by atoms with Gasteiger partial charge in [-0.15, -0.1) is 0 Å². The summed E-state index contributed by atoms with van der Waals surface area (Å²) in [6.45, 7) is 5.42. The minimum Gasteiger partial charge on any atom is -0.493 e. The maximum atomic E-state index is 14.1. The molecule has 3 aliphatic heterocycles. The summed E-state index contributed by atoms with van der Waals surface area (Å²) in [6, 6.07) is 21.1. The fourth-order valence-electron chi connectivity index (χ4n) is 6.06. The summed E-state index contributed by atoms with van der Waals surface area (Å²) in [7, 11) is 1.47. The van der Waals surface area contributed by atoms with Gasteiger partial charge in [0.25, 0.3) is 5.91 Å². The molecule has 3 heterocycles. The predicted molar refractivity (Wildman–Crippen MR) is 155 cm³/mol. The molecule has 1 atom stereocenters. The second-order valence-corrected chi connectivity index (χ2v) is 11.0. The first kappa shape index (κ1) is 27.8. The smallest absolute Gasteiger partial charge is 0.415 e. The molecule has 3 aromatic carbocycles. The highest BCUT2D eigenvalue weighted by Crippen LogP contribution is 2.30. The van der Waals surface area contributed by atoms with E-state index in [9.17, 15) is 9.59 Å². The van der Waals surface area contributed by atoms with Gasteiger partial charge in [-0.3, -0.25) is 9.69 Å². The van der Waals surface area contributed by atoms with Gasteiger partial charge in [-0.05, 0) is 59.4 Å². The van der Waals surface area contributed by atoms with Crippen LogP contribution in [0.3, 0.4) is 0 Å². The summed E-state index contributed by atoms with van der Waals surface area (Å²) in [6.07, 6.45) is 0.988. The molecule has 3 aromatic rings. The monoisotopic (exact) mass is 566 g/mol. The molecule has 0 unspecified atom stereocenters. The Morgan fingerprint density at radius 1 is 0.929 bits per heavy atom. The van der Waals surface area contributed by atoms with Gasteiger partial charge < -0.3 is 24.0 Å². The number of morpholine rings is 1. The Bertz CT molecular complexity index is 1530. The van der Waals surface area contributed by atoms with Crippen molar-refractivity contribution in [2.24, 2.45) is 0 Å². The van der Waals surface area contributed by atoms with E-state index in [2.05, 4.69) is 29.2 Å². The van der Waals surface area contributed by atoms with Gasteiger partial charge in [0.05, 0.1) is 32.0 Å². The fraction of sp³-hybridized carbons (Fsp3) is 0.364. The maximum Gasteiger partial charge on any atom is 0.415 e. The minimum absolute atomic E-state index is 0.00702. The molecular formula is C33H34N4O5. The Labute approximate surface area is 245 Å². The van der Waals surface area contributed by atoms with Crippen molar-refractivity contribution in [1.82, 2.24) is 14.7 Å². The van der Waals surface area contributed by atoms with Crippen molar-refractivity contribution in [3.05, 3.63) is 94.0 Å². The zero-order valence-electron chi connectivity index (χ0n) is 23.8. The number of amides is 2. The summed E-state index contributed by atoms with van der Waals surface area (Å²) in [5, 5.41) is 9.15. The van der Waals surface area contributed by atoms with Crippen molar-refractivity contribution in [3.8, 4) is 17.6 Å². The molecule has 2 amide bonds. The van der Waals surface area contributed by atoms with E-state index in [4.69, 9.17) is 19.5 Å². The largest absolute Gasteiger partial charge is 0.493 e. The van der Waals surface area contributed by atoms with Crippen LogP contribution in [0.4, 0.5) is 4.79 Å². The van der Waals surface area contributed by atoms with Crippen molar-refractivity contribution in [3.63, 3.8) is 0 Å². The van der Waals surface area contributed by atoms with Gasteiger partial charge in [0.2, 0.25) is 0 Å². The van der Waals surface area contributed by atoms with Crippen molar-refractivity contribution in [2.75, 3.05) is 46.5 Å². The number of fused-ring (bicyclic) bond motifs is 2. The highest BCUT2D eigenvalue weighted by Gasteiger charge is 2.33. The third-order valence-corrected chi connectivity index (χ3v) is 8.40. The van der Waals surface area contributed by atoms with E-state index in [1.807, 2.05) is 29.2 Å². The molecule has 0 bridgehead atoms. The highest BCUT2D eigenvalue weighted by atomic mass is 16.6. The minimum atomic E-state index is -0.501. The number of hydrogen-bond donors (Lipinski definition) is 0. The van der Waals surface area contributed by atoms with Gasteiger partial charge in [-0.1, -0.05) is 30.3 Å². The summed E-state index contributed by atoms with van der Waals surface area (Å²) >= 11 is 0. The van der Waals surface area contributed by atoms with E-state index < -0.39 is 6.09 Å². The van der Waals surface area contributed by atoms with Crippen molar-refractivity contribution < 1.29 is 23.8 Å². The van der Waals surface area contributed by atoms with E-state index in [1.165, 1.54) is 24.3 Å². The summed E-state index contributed by atoms with van der Waals surface area (Å²) < 4.78 is 16.5. The normalized spacial score (nSPS) is 18.4. The van der Waals surface area contributed by atoms with E-state index in [0.29, 0.717) is 42.9 Å². The van der Waals surface area contributed by atoms with Crippen LogP contribution in [0.25, 0.3) is 0 Å². The number of hydrogen-bond acceptors (Lipinski definition) is 7. The van der Waals surface area contributed by atoms with Crippen LogP contribution in [0.15, 0.2) is 60.7 Å². The van der Waals surface area contributed by atoms with Crippen LogP contribution in [0.5, 0.6) is 11.5 Å². The average Bonchev–Trinajstić information content (AvgIpc) is 3.04. The van der Waals surface area contributed by atoms with E-state index in [1.54, 1.807) is 17.0 Å². The highest BCUT2D eigenvalue weighted by molar-refractivity contribution is 5.95. The van der Waals surface area contributed by atoms with Crippen molar-refractivity contribution in [1.29, 1.82) is 5.26 Å². The van der Waals surface area contributed by atoms with E-state index in [-0.39, 0.29) is 17.7 Å². The zero-order valence-corrected chi connectivity index (χ0v) is 23.8. The number of carbonyl (C=O) groups is 2. The Morgan fingerprint density at radius 2 is 1.74 bits per heavy atom. The fourth-order valence-corrected chi connectivity index (χ4v) is 6.06. The molecule has 1 fully saturated rings. The Kier molecular flexibility index (Phi) is 8.08. The van der Waals surface area contributed by atoms with E-state index in [0.717, 1.165) is 50.4 Å². The van der Waals surface area contributed by atoms with Crippen molar-refractivity contribution >= 4 is 12.0 Å². The van der Waals surface area contributed by atoms with Crippen LogP contribution in [0.2, 0.25) is 0 Å². The van der Waals surface area contributed by atoms with Crippen LogP contribution in [-0.4, -0.2) is 79.2 Å². The molecule has 0 aliphatic carbocycles. The summed E-state index contributed by atoms with van der Waals surface area (Å²) in [5.41, 5.74) is 5.61. The maximum absolute atomic E-state index is 14.1. The van der Waals surface area contributed by atoms with Crippen molar-refractivity contribution in [2.45, 2.75) is 32.0 Å². The number of methoxy groups -OCH3 is 1. The van der Waals surface area contributed by atoms with Gasteiger partial charge >= 0.3 is 6.09 Å². The van der Waals surface area contributed by atoms with Crippen LogP contribution in [0, 0.1) is 11.3 Å². The number of benzene rings is 3. The first-order chi connectivity index (χ1) is 20.5. The average molecular weight is 567 g/mol. The van der Waals surface area contributed by atoms with Gasteiger partial charge in [-0.25, -0.2) is 4.79 Å². The lowest BCUT2D eigenvalue weighted by molar-refractivity contribution is 0.0193. The lowest BCUT2D eigenvalue weighted by atomic mass is 9.92. The molecule has 0 spiro atoms. The third-order valence-electron chi connectivity index (χ3n) is 8.40. The lowest BCUT2D eigenvalue weighted by Crippen LogP contribution is -2.52. The third kappa shape index (κ3) is 5.82. The molecule has 0 saturated carbocycles. The quantitative estimate of drug-likeness (QED) is 0.460. The molecule has 42 heavy (non-hydrogen) atoms. The number of ether oxygens (including phenoxy) is 3.